The maximum Gasteiger partial charge on any atom is 0.338 e. The topological polar surface area (TPSA) is 134 Å². The number of aromatic nitrogens is 3. The van der Waals surface area contributed by atoms with Crippen LogP contribution in [0.4, 0.5) is 4.79 Å². The standard InChI is InChI=1S/C15H15N5O5S/c1-7-5-8(13(23)25-2)10-11(17-7)18-14(19-12(10)22)26-6-9(21)20-4-3-16-15(20)24/h5H,3-4,6H2,1-2H3,(H,16,24)(H,17,18,19,22). The highest BCUT2D eigenvalue weighted by Gasteiger charge is 2.26. The zero-order valence-electron chi connectivity index (χ0n) is 14.0. The van der Waals surface area contributed by atoms with E-state index in [4.69, 9.17) is 4.74 Å². The summed E-state index contributed by atoms with van der Waals surface area (Å²) >= 11 is 0.978. The van der Waals surface area contributed by atoms with Crippen molar-refractivity contribution in [2.24, 2.45) is 0 Å². The van der Waals surface area contributed by atoms with Gasteiger partial charge in [0.15, 0.2) is 10.8 Å². The van der Waals surface area contributed by atoms with Gasteiger partial charge in [-0.05, 0) is 13.0 Å². The van der Waals surface area contributed by atoms with Gasteiger partial charge in [0, 0.05) is 18.8 Å². The highest BCUT2D eigenvalue weighted by atomic mass is 32.2. The number of thioether (sulfide) groups is 1. The average molecular weight is 377 g/mol. The molecule has 3 heterocycles. The Hall–Kier alpha value is -2.95. The lowest BCUT2D eigenvalue weighted by Crippen LogP contribution is -2.35. The van der Waals surface area contributed by atoms with Crippen LogP contribution >= 0.6 is 11.8 Å². The molecule has 136 valence electrons. The monoisotopic (exact) mass is 377 g/mol. The Kier molecular flexibility index (Phi) is 4.89. The van der Waals surface area contributed by atoms with Crippen LogP contribution in [-0.4, -0.2) is 63.7 Å². The van der Waals surface area contributed by atoms with E-state index in [1.165, 1.54) is 13.2 Å². The quantitative estimate of drug-likeness (QED) is 0.434. The number of nitrogens with zero attached hydrogens (tertiary/aromatic N) is 3. The fraction of sp³-hybridized carbons (Fsp3) is 0.333. The van der Waals surface area contributed by atoms with Crippen LogP contribution in [0.15, 0.2) is 16.0 Å². The zero-order valence-corrected chi connectivity index (χ0v) is 14.8. The maximum atomic E-state index is 12.4. The molecular weight excluding hydrogens is 362 g/mol. The number of rotatable bonds is 4. The van der Waals surface area contributed by atoms with Crippen LogP contribution in [0.2, 0.25) is 0 Å². The molecule has 0 atom stereocenters. The number of pyridine rings is 1. The Morgan fingerprint density at radius 3 is 2.77 bits per heavy atom. The smallest absolute Gasteiger partial charge is 0.338 e. The average Bonchev–Trinajstić information content (AvgIpc) is 3.04. The molecule has 0 aromatic carbocycles. The highest BCUT2D eigenvalue weighted by molar-refractivity contribution is 7.99. The van der Waals surface area contributed by atoms with Crippen molar-refractivity contribution in [1.82, 2.24) is 25.2 Å². The fourth-order valence-corrected chi connectivity index (χ4v) is 3.23. The van der Waals surface area contributed by atoms with E-state index in [1.807, 2.05) is 0 Å². The van der Waals surface area contributed by atoms with Crippen molar-refractivity contribution in [2.75, 3.05) is 26.0 Å². The summed E-state index contributed by atoms with van der Waals surface area (Å²) in [6, 6.07) is 1.02. The fourth-order valence-electron chi connectivity index (χ4n) is 2.50. The van der Waals surface area contributed by atoms with E-state index in [0.29, 0.717) is 18.8 Å². The van der Waals surface area contributed by atoms with E-state index in [-0.39, 0.29) is 33.4 Å². The summed E-state index contributed by atoms with van der Waals surface area (Å²) in [6.45, 7) is 2.39. The molecule has 0 radical (unpaired) electrons. The second-order valence-corrected chi connectivity index (χ2v) is 6.40. The lowest BCUT2D eigenvalue weighted by molar-refractivity contribution is -0.124. The summed E-state index contributed by atoms with van der Waals surface area (Å²) in [5, 5.41) is 2.74. The van der Waals surface area contributed by atoms with Crippen LogP contribution in [0.3, 0.4) is 0 Å². The van der Waals surface area contributed by atoms with E-state index in [2.05, 4.69) is 20.3 Å². The van der Waals surface area contributed by atoms with Gasteiger partial charge in [-0.2, -0.15) is 0 Å². The molecule has 1 saturated heterocycles. The molecule has 1 aliphatic rings. The number of ether oxygens (including phenoxy) is 1. The minimum absolute atomic E-state index is 0.0250. The second kappa shape index (κ2) is 7.12. The molecule has 1 fully saturated rings. The van der Waals surface area contributed by atoms with Crippen molar-refractivity contribution in [1.29, 1.82) is 0 Å². The van der Waals surface area contributed by atoms with Gasteiger partial charge in [0.2, 0.25) is 5.91 Å². The molecule has 3 rings (SSSR count). The second-order valence-electron chi connectivity index (χ2n) is 5.44. The molecule has 0 spiro atoms. The number of hydrogen-bond acceptors (Lipinski definition) is 8. The Balaban J connectivity index is 1.89. The lowest BCUT2D eigenvalue weighted by atomic mass is 10.1. The number of nitrogens with one attached hydrogen (secondary N) is 2. The summed E-state index contributed by atoms with van der Waals surface area (Å²) < 4.78 is 4.69. The van der Waals surface area contributed by atoms with Gasteiger partial charge in [-0.25, -0.2) is 19.6 Å². The minimum atomic E-state index is -0.663. The number of amides is 3. The summed E-state index contributed by atoms with van der Waals surface area (Å²) in [5.74, 6) is -1.12. The van der Waals surface area contributed by atoms with E-state index >= 15 is 0 Å². The molecular formula is C15H15N5O5S. The van der Waals surface area contributed by atoms with Crippen LogP contribution in [0.1, 0.15) is 16.1 Å². The van der Waals surface area contributed by atoms with Gasteiger partial charge >= 0.3 is 12.0 Å². The number of carbonyl (C=O) groups is 3. The van der Waals surface area contributed by atoms with Crippen molar-refractivity contribution in [3.8, 4) is 0 Å². The maximum absolute atomic E-state index is 12.4. The van der Waals surface area contributed by atoms with Crippen LogP contribution < -0.4 is 10.9 Å². The van der Waals surface area contributed by atoms with Crippen LogP contribution in [0.5, 0.6) is 0 Å². The van der Waals surface area contributed by atoms with E-state index in [0.717, 1.165) is 16.7 Å². The van der Waals surface area contributed by atoms with Gasteiger partial charge in [0.05, 0.1) is 23.8 Å². The third-order valence-electron chi connectivity index (χ3n) is 3.68. The highest BCUT2D eigenvalue weighted by Crippen LogP contribution is 2.18. The number of aryl methyl sites for hydroxylation is 1. The van der Waals surface area contributed by atoms with Crippen molar-refractivity contribution >= 4 is 40.7 Å². The Labute approximate surface area is 151 Å². The summed E-state index contributed by atoms with van der Waals surface area (Å²) in [5.41, 5.74) is 0.0988. The number of urea groups is 1. The summed E-state index contributed by atoms with van der Waals surface area (Å²) in [4.78, 5) is 59.8. The first kappa shape index (κ1) is 17.9. The molecule has 0 bridgehead atoms. The SMILES string of the molecule is COC(=O)c1cc(C)nc2nc(SCC(=O)N3CCNC3=O)[nH]c(=O)c12. The predicted molar refractivity (Wildman–Crippen MR) is 92.1 cm³/mol. The van der Waals surface area contributed by atoms with E-state index in [1.54, 1.807) is 6.92 Å². The number of aromatic amines is 1. The molecule has 2 N–H and O–H groups in total. The number of hydrogen-bond donors (Lipinski definition) is 2. The Morgan fingerprint density at radius 1 is 1.35 bits per heavy atom. The van der Waals surface area contributed by atoms with Gasteiger partial charge < -0.3 is 15.0 Å². The van der Waals surface area contributed by atoms with Crippen molar-refractivity contribution < 1.29 is 19.1 Å². The summed E-state index contributed by atoms with van der Waals surface area (Å²) in [7, 11) is 1.22. The lowest BCUT2D eigenvalue weighted by Gasteiger charge is -2.11. The number of imide groups is 1. The predicted octanol–water partition coefficient (Wildman–Crippen LogP) is 0.0570. The first-order chi connectivity index (χ1) is 12.4. The van der Waals surface area contributed by atoms with Crippen LogP contribution in [0.25, 0.3) is 11.0 Å². The number of methoxy groups -OCH3 is 1. The minimum Gasteiger partial charge on any atom is -0.465 e. The molecule has 2 aromatic rings. The van der Waals surface area contributed by atoms with Gasteiger partial charge in [-0.1, -0.05) is 11.8 Å². The molecule has 10 nitrogen and oxygen atoms in total. The molecule has 26 heavy (non-hydrogen) atoms. The van der Waals surface area contributed by atoms with Gasteiger partial charge in [-0.15, -0.1) is 0 Å². The Morgan fingerprint density at radius 2 is 2.12 bits per heavy atom. The molecule has 0 aliphatic carbocycles. The number of carbonyl (C=O) groups excluding carboxylic acids is 3. The molecule has 11 heteroatoms. The van der Waals surface area contributed by atoms with Crippen LogP contribution in [0, 0.1) is 6.92 Å². The van der Waals surface area contributed by atoms with Gasteiger partial charge in [0.1, 0.15) is 0 Å². The van der Waals surface area contributed by atoms with Crippen molar-refractivity contribution in [3.05, 3.63) is 27.7 Å². The van der Waals surface area contributed by atoms with E-state index in [9.17, 15) is 19.2 Å². The molecule has 0 unspecified atom stereocenters. The van der Waals surface area contributed by atoms with E-state index < -0.39 is 17.6 Å². The first-order valence-electron chi connectivity index (χ1n) is 7.61. The number of esters is 1. The van der Waals surface area contributed by atoms with Crippen LogP contribution in [-0.2, 0) is 9.53 Å². The molecule has 3 amide bonds. The number of H-pyrrole nitrogens is 1. The van der Waals surface area contributed by atoms with Crippen molar-refractivity contribution in [2.45, 2.75) is 12.1 Å². The molecule has 1 aliphatic heterocycles. The number of fused-ring (bicyclic) bond motifs is 1. The third-order valence-corrected chi connectivity index (χ3v) is 4.54. The molecule has 2 aromatic heterocycles. The molecule has 0 saturated carbocycles. The first-order valence-corrected chi connectivity index (χ1v) is 8.60. The van der Waals surface area contributed by atoms with Gasteiger partial charge in [0.25, 0.3) is 5.56 Å². The Bertz CT molecular complexity index is 973. The van der Waals surface area contributed by atoms with Gasteiger partial charge in [-0.3, -0.25) is 14.5 Å². The third kappa shape index (κ3) is 3.38. The summed E-state index contributed by atoms with van der Waals surface area (Å²) in [6.07, 6.45) is 0. The van der Waals surface area contributed by atoms with Crippen molar-refractivity contribution in [3.63, 3.8) is 0 Å². The zero-order chi connectivity index (χ0) is 18.8. The largest absolute Gasteiger partial charge is 0.465 e. The normalized spacial score (nSPS) is 13.8.